The lowest BCUT2D eigenvalue weighted by Gasteiger charge is -2.20. The zero-order valence-corrected chi connectivity index (χ0v) is 9.00. The monoisotopic (exact) mass is 192 g/mol. The second kappa shape index (κ2) is 4.07. The van der Waals surface area contributed by atoms with Crippen LogP contribution < -0.4 is 5.73 Å². The Morgan fingerprint density at radius 2 is 2.07 bits per heavy atom. The molecule has 0 atom stereocenters. The number of aryl methyl sites for hydroxylation is 1. The van der Waals surface area contributed by atoms with Crippen molar-refractivity contribution in [3.05, 3.63) is 17.8 Å². The number of hydrogen-bond acceptors (Lipinski definition) is 1. The fourth-order valence-corrected chi connectivity index (χ4v) is 2.49. The van der Waals surface area contributed by atoms with Crippen LogP contribution in [0.1, 0.15) is 37.7 Å². The van der Waals surface area contributed by atoms with Crippen LogP contribution in [0.25, 0.3) is 0 Å². The molecule has 2 N–H and O–H groups in total. The minimum absolute atomic E-state index is 0.885. The predicted molar refractivity (Wildman–Crippen MR) is 60.1 cm³/mol. The van der Waals surface area contributed by atoms with Crippen LogP contribution in [0.2, 0.25) is 0 Å². The van der Waals surface area contributed by atoms with Gasteiger partial charge in [-0.05, 0) is 24.0 Å². The van der Waals surface area contributed by atoms with Gasteiger partial charge in [-0.15, -0.1) is 0 Å². The number of rotatable bonds is 2. The summed E-state index contributed by atoms with van der Waals surface area (Å²) in [4.78, 5) is 0. The maximum atomic E-state index is 5.81. The molecule has 1 heterocycles. The van der Waals surface area contributed by atoms with Gasteiger partial charge in [0, 0.05) is 13.2 Å². The molecule has 1 aromatic rings. The third-order valence-electron chi connectivity index (χ3n) is 3.35. The van der Waals surface area contributed by atoms with E-state index in [0.29, 0.717) is 0 Å². The number of nitrogens with two attached hydrogens (primary N) is 1. The smallest absolute Gasteiger partial charge is 0.103 e. The molecule has 1 aromatic heterocycles. The molecule has 14 heavy (non-hydrogen) atoms. The molecule has 0 saturated heterocycles. The second-order valence-electron chi connectivity index (χ2n) is 4.59. The van der Waals surface area contributed by atoms with Crippen molar-refractivity contribution in [2.24, 2.45) is 13.0 Å². The van der Waals surface area contributed by atoms with Gasteiger partial charge in [0.15, 0.2) is 0 Å². The summed E-state index contributed by atoms with van der Waals surface area (Å²) < 4.78 is 2.01. The van der Waals surface area contributed by atoms with Crippen LogP contribution in [0.4, 0.5) is 5.82 Å². The van der Waals surface area contributed by atoms with Crippen molar-refractivity contribution >= 4 is 5.82 Å². The Hall–Kier alpha value is -0.920. The molecule has 0 aromatic carbocycles. The summed E-state index contributed by atoms with van der Waals surface area (Å²) in [5.74, 6) is 1.79. The zero-order chi connectivity index (χ0) is 9.97. The Bertz CT molecular complexity index is 276. The second-order valence-corrected chi connectivity index (χ2v) is 4.59. The molecule has 0 amide bonds. The van der Waals surface area contributed by atoms with Crippen LogP contribution in [-0.2, 0) is 13.5 Å². The Morgan fingerprint density at radius 3 is 2.64 bits per heavy atom. The van der Waals surface area contributed by atoms with E-state index in [0.717, 1.165) is 11.7 Å². The molecule has 2 rings (SSSR count). The first-order valence-corrected chi connectivity index (χ1v) is 5.66. The van der Waals surface area contributed by atoms with E-state index in [1.165, 1.54) is 44.1 Å². The number of nitrogen functional groups attached to an aromatic ring is 1. The van der Waals surface area contributed by atoms with Crippen LogP contribution in [0.5, 0.6) is 0 Å². The molecule has 0 unspecified atom stereocenters. The third-order valence-corrected chi connectivity index (χ3v) is 3.35. The van der Waals surface area contributed by atoms with Gasteiger partial charge in [-0.1, -0.05) is 32.1 Å². The van der Waals surface area contributed by atoms with E-state index in [4.69, 9.17) is 5.73 Å². The van der Waals surface area contributed by atoms with E-state index in [-0.39, 0.29) is 0 Å². The third kappa shape index (κ3) is 2.11. The van der Waals surface area contributed by atoms with E-state index >= 15 is 0 Å². The van der Waals surface area contributed by atoms with Gasteiger partial charge in [-0.3, -0.25) is 0 Å². The van der Waals surface area contributed by atoms with Gasteiger partial charge in [0.1, 0.15) is 5.82 Å². The summed E-state index contributed by atoms with van der Waals surface area (Å²) in [6.45, 7) is 0. The average Bonchev–Trinajstić information content (AvgIpc) is 2.47. The van der Waals surface area contributed by atoms with Crippen LogP contribution in [0.15, 0.2) is 12.3 Å². The van der Waals surface area contributed by atoms with Crippen LogP contribution in [0, 0.1) is 5.92 Å². The molecule has 2 nitrogen and oxygen atoms in total. The Balaban J connectivity index is 1.95. The largest absolute Gasteiger partial charge is 0.385 e. The van der Waals surface area contributed by atoms with Gasteiger partial charge in [-0.2, -0.15) is 0 Å². The number of aromatic nitrogens is 1. The highest BCUT2D eigenvalue weighted by Gasteiger charge is 2.14. The Kier molecular flexibility index (Phi) is 2.80. The summed E-state index contributed by atoms with van der Waals surface area (Å²) in [6.07, 6.45) is 10.5. The number of anilines is 1. The molecule has 1 fully saturated rings. The van der Waals surface area contributed by atoms with Crippen LogP contribution in [-0.4, -0.2) is 4.57 Å². The first-order valence-electron chi connectivity index (χ1n) is 5.66. The highest BCUT2D eigenvalue weighted by atomic mass is 15.0. The quantitative estimate of drug-likeness (QED) is 0.767. The van der Waals surface area contributed by atoms with E-state index in [1.807, 2.05) is 11.6 Å². The highest BCUT2D eigenvalue weighted by Crippen LogP contribution is 2.27. The molecule has 1 aliphatic carbocycles. The molecule has 1 saturated carbocycles. The van der Waals surface area contributed by atoms with Crippen molar-refractivity contribution in [3.8, 4) is 0 Å². The van der Waals surface area contributed by atoms with Gasteiger partial charge in [-0.25, -0.2) is 0 Å². The molecule has 78 valence electrons. The molecule has 1 aliphatic rings. The normalized spacial score (nSPS) is 18.6. The molecule has 2 heteroatoms. The summed E-state index contributed by atoms with van der Waals surface area (Å²) >= 11 is 0. The van der Waals surface area contributed by atoms with Crippen molar-refractivity contribution in [1.29, 1.82) is 0 Å². The van der Waals surface area contributed by atoms with Gasteiger partial charge >= 0.3 is 0 Å². The van der Waals surface area contributed by atoms with Gasteiger partial charge < -0.3 is 10.3 Å². The van der Waals surface area contributed by atoms with E-state index in [1.54, 1.807) is 0 Å². The van der Waals surface area contributed by atoms with Crippen LogP contribution in [0.3, 0.4) is 0 Å². The minimum atomic E-state index is 0.885. The lowest BCUT2D eigenvalue weighted by molar-refractivity contribution is 0.356. The fourth-order valence-electron chi connectivity index (χ4n) is 2.49. The number of hydrogen-bond donors (Lipinski definition) is 1. The summed E-state index contributed by atoms with van der Waals surface area (Å²) in [5, 5.41) is 0. The van der Waals surface area contributed by atoms with E-state index in [9.17, 15) is 0 Å². The Labute approximate surface area is 86.1 Å². The van der Waals surface area contributed by atoms with E-state index < -0.39 is 0 Å². The maximum absolute atomic E-state index is 5.81. The first kappa shape index (κ1) is 9.63. The molecule has 0 bridgehead atoms. The minimum Gasteiger partial charge on any atom is -0.385 e. The molecule has 0 spiro atoms. The summed E-state index contributed by atoms with van der Waals surface area (Å²) in [6, 6.07) is 2.12. The lowest BCUT2D eigenvalue weighted by atomic mass is 9.85. The van der Waals surface area contributed by atoms with Gasteiger partial charge in [0.2, 0.25) is 0 Å². The summed E-state index contributed by atoms with van der Waals surface area (Å²) in [7, 11) is 2.01. The SMILES string of the molecule is Cn1cc(CC2CCCCC2)cc1N. The zero-order valence-electron chi connectivity index (χ0n) is 9.00. The van der Waals surface area contributed by atoms with Crippen LogP contribution >= 0.6 is 0 Å². The van der Waals surface area contributed by atoms with Gasteiger partial charge in [0.05, 0.1) is 0 Å². The summed E-state index contributed by atoms with van der Waals surface area (Å²) in [5.41, 5.74) is 7.22. The average molecular weight is 192 g/mol. The van der Waals surface area contributed by atoms with Crippen molar-refractivity contribution in [2.45, 2.75) is 38.5 Å². The number of nitrogens with zero attached hydrogens (tertiary/aromatic N) is 1. The maximum Gasteiger partial charge on any atom is 0.103 e. The van der Waals surface area contributed by atoms with Crippen molar-refractivity contribution in [1.82, 2.24) is 4.57 Å². The molecule has 0 radical (unpaired) electrons. The van der Waals surface area contributed by atoms with Crippen molar-refractivity contribution in [3.63, 3.8) is 0 Å². The standard InChI is InChI=1S/C12H20N2/c1-14-9-11(8-12(14)13)7-10-5-3-2-4-6-10/h8-10H,2-7,13H2,1H3. The van der Waals surface area contributed by atoms with Gasteiger partial charge in [0.25, 0.3) is 0 Å². The highest BCUT2D eigenvalue weighted by molar-refractivity contribution is 5.35. The predicted octanol–water partition coefficient (Wildman–Crippen LogP) is 2.73. The topological polar surface area (TPSA) is 30.9 Å². The van der Waals surface area contributed by atoms with E-state index in [2.05, 4.69) is 12.3 Å². The lowest BCUT2D eigenvalue weighted by Crippen LogP contribution is -2.08. The fraction of sp³-hybridized carbons (Fsp3) is 0.667. The van der Waals surface area contributed by atoms with Crippen molar-refractivity contribution < 1.29 is 0 Å². The molecule has 0 aliphatic heterocycles. The Morgan fingerprint density at radius 1 is 1.36 bits per heavy atom. The molecular formula is C12H20N2. The first-order chi connectivity index (χ1) is 6.75. The molecular weight excluding hydrogens is 172 g/mol. The van der Waals surface area contributed by atoms with Crippen molar-refractivity contribution in [2.75, 3.05) is 5.73 Å².